The predicted molar refractivity (Wildman–Crippen MR) is 70.4 cm³/mol. The van der Waals surface area contributed by atoms with Crippen LogP contribution in [-0.4, -0.2) is 28.9 Å². The number of rotatable bonds is 2. The van der Waals surface area contributed by atoms with Crippen molar-refractivity contribution >= 4 is 23.1 Å². The smallest absolute Gasteiger partial charge is 0.225 e. The number of hydrogen-bond donors (Lipinski definition) is 1. The van der Waals surface area contributed by atoms with Crippen molar-refractivity contribution < 1.29 is 4.79 Å². The Kier molecular flexibility index (Phi) is 2.85. The Morgan fingerprint density at radius 2 is 1.65 bits per heavy atom. The maximum absolute atomic E-state index is 12.3. The number of hydrogen-bond acceptors (Lipinski definition) is 2. The average molecular weight is 252 g/mol. The van der Waals surface area contributed by atoms with Crippen LogP contribution in [0.4, 0.5) is 0 Å². The van der Waals surface area contributed by atoms with Crippen LogP contribution in [0.1, 0.15) is 32.1 Å². The molecule has 1 heterocycles. The second-order valence-corrected chi connectivity index (χ2v) is 6.40. The Hall–Kier alpha value is -0.640. The summed E-state index contributed by atoms with van der Waals surface area (Å²) in [5.41, 5.74) is 5.66. The topological polar surface area (TPSA) is 46.3 Å². The Balaban J connectivity index is 1.52. The van der Waals surface area contributed by atoms with E-state index in [4.69, 9.17) is 18.0 Å². The van der Waals surface area contributed by atoms with E-state index in [0.29, 0.717) is 22.7 Å². The molecule has 2 atom stereocenters. The number of thiocarbonyl (C=S) groups is 1. The summed E-state index contributed by atoms with van der Waals surface area (Å²) < 4.78 is 0. The van der Waals surface area contributed by atoms with Gasteiger partial charge in [-0.25, -0.2) is 0 Å². The van der Waals surface area contributed by atoms with Gasteiger partial charge in [-0.3, -0.25) is 4.79 Å². The lowest BCUT2D eigenvalue weighted by Crippen LogP contribution is -2.43. The maximum atomic E-state index is 12.3. The normalized spacial score (nSPS) is 36.7. The van der Waals surface area contributed by atoms with Gasteiger partial charge in [0, 0.05) is 24.9 Å². The van der Waals surface area contributed by atoms with E-state index < -0.39 is 0 Å². The molecule has 2 aliphatic carbocycles. The van der Waals surface area contributed by atoms with Crippen LogP contribution in [-0.2, 0) is 4.79 Å². The van der Waals surface area contributed by atoms with E-state index in [2.05, 4.69) is 0 Å². The standard InChI is InChI=1S/C13H20N2OS/c14-12(17)8-1-3-15(4-2-8)13(16)11-6-9-5-10(9)7-11/h8-11H,1-7H2,(H2,14,17). The zero-order valence-corrected chi connectivity index (χ0v) is 10.9. The minimum atomic E-state index is 0.333. The molecule has 2 saturated carbocycles. The fourth-order valence-electron chi connectivity index (χ4n) is 3.56. The van der Waals surface area contributed by atoms with Gasteiger partial charge in [0.2, 0.25) is 5.91 Å². The molecule has 3 nitrogen and oxygen atoms in total. The Morgan fingerprint density at radius 1 is 1.06 bits per heavy atom. The molecule has 3 fully saturated rings. The SMILES string of the molecule is NC(=S)C1CCN(C(=O)C2CC3CC3C2)CC1. The van der Waals surface area contributed by atoms with Gasteiger partial charge in [-0.2, -0.15) is 0 Å². The molecule has 4 heteroatoms. The maximum Gasteiger partial charge on any atom is 0.225 e. The molecular formula is C13H20N2OS. The van der Waals surface area contributed by atoms with E-state index in [0.717, 1.165) is 50.6 Å². The van der Waals surface area contributed by atoms with Gasteiger partial charge in [-0.05, 0) is 43.9 Å². The summed E-state index contributed by atoms with van der Waals surface area (Å²) in [5.74, 6) is 2.86. The van der Waals surface area contributed by atoms with E-state index in [1.165, 1.54) is 6.42 Å². The molecule has 3 aliphatic rings. The molecular weight excluding hydrogens is 232 g/mol. The number of carbonyl (C=O) groups excluding carboxylic acids is 1. The Labute approximate surface area is 108 Å². The third kappa shape index (κ3) is 2.19. The molecule has 2 unspecified atom stereocenters. The lowest BCUT2D eigenvalue weighted by Gasteiger charge is -2.33. The predicted octanol–water partition coefficient (Wildman–Crippen LogP) is 1.56. The van der Waals surface area contributed by atoms with Crippen molar-refractivity contribution in [2.24, 2.45) is 29.4 Å². The van der Waals surface area contributed by atoms with E-state index >= 15 is 0 Å². The fraction of sp³-hybridized carbons (Fsp3) is 0.846. The van der Waals surface area contributed by atoms with Gasteiger partial charge in [0.1, 0.15) is 0 Å². The van der Waals surface area contributed by atoms with Crippen LogP contribution >= 0.6 is 12.2 Å². The van der Waals surface area contributed by atoms with Gasteiger partial charge < -0.3 is 10.6 Å². The summed E-state index contributed by atoms with van der Waals surface area (Å²) in [6, 6.07) is 0. The monoisotopic (exact) mass is 252 g/mol. The van der Waals surface area contributed by atoms with Crippen LogP contribution in [0, 0.1) is 23.7 Å². The molecule has 1 amide bonds. The Morgan fingerprint density at radius 3 is 2.18 bits per heavy atom. The van der Waals surface area contributed by atoms with Crippen molar-refractivity contribution in [2.45, 2.75) is 32.1 Å². The van der Waals surface area contributed by atoms with Crippen LogP contribution in [0.2, 0.25) is 0 Å². The van der Waals surface area contributed by atoms with E-state index in [-0.39, 0.29) is 0 Å². The van der Waals surface area contributed by atoms with Crippen molar-refractivity contribution in [2.75, 3.05) is 13.1 Å². The first-order valence-electron chi connectivity index (χ1n) is 6.73. The van der Waals surface area contributed by atoms with Crippen LogP contribution in [0.15, 0.2) is 0 Å². The summed E-state index contributed by atoms with van der Waals surface area (Å²) >= 11 is 5.02. The lowest BCUT2D eigenvalue weighted by molar-refractivity contribution is -0.136. The van der Waals surface area contributed by atoms with Gasteiger partial charge >= 0.3 is 0 Å². The first-order valence-corrected chi connectivity index (χ1v) is 7.14. The molecule has 3 rings (SSSR count). The second-order valence-electron chi connectivity index (χ2n) is 5.93. The molecule has 94 valence electrons. The minimum Gasteiger partial charge on any atom is -0.393 e. The summed E-state index contributed by atoms with van der Waals surface area (Å²) in [4.78, 5) is 15.0. The summed E-state index contributed by atoms with van der Waals surface area (Å²) in [6.45, 7) is 1.71. The van der Waals surface area contributed by atoms with Crippen LogP contribution in [0.3, 0.4) is 0 Å². The fourth-order valence-corrected chi connectivity index (χ4v) is 3.79. The molecule has 17 heavy (non-hydrogen) atoms. The summed E-state index contributed by atoms with van der Waals surface area (Å²) in [5, 5.41) is 0. The highest BCUT2D eigenvalue weighted by molar-refractivity contribution is 7.80. The zero-order valence-electron chi connectivity index (χ0n) is 10.1. The van der Waals surface area contributed by atoms with Crippen molar-refractivity contribution in [3.8, 4) is 0 Å². The van der Waals surface area contributed by atoms with Gasteiger partial charge in [0.15, 0.2) is 0 Å². The molecule has 2 N–H and O–H groups in total. The lowest BCUT2D eigenvalue weighted by atomic mass is 9.94. The van der Waals surface area contributed by atoms with Crippen molar-refractivity contribution in [1.82, 2.24) is 4.90 Å². The van der Waals surface area contributed by atoms with Gasteiger partial charge in [0.05, 0.1) is 4.99 Å². The van der Waals surface area contributed by atoms with Gasteiger partial charge in [-0.15, -0.1) is 0 Å². The number of nitrogens with zero attached hydrogens (tertiary/aromatic N) is 1. The van der Waals surface area contributed by atoms with Gasteiger partial charge in [0.25, 0.3) is 0 Å². The number of piperidine rings is 1. The van der Waals surface area contributed by atoms with E-state index in [1.807, 2.05) is 4.90 Å². The molecule has 1 saturated heterocycles. The molecule has 0 bridgehead atoms. The van der Waals surface area contributed by atoms with E-state index in [9.17, 15) is 4.79 Å². The van der Waals surface area contributed by atoms with Crippen LogP contribution in [0.5, 0.6) is 0 Å². The van der Waals surface area contributed by atoms with Crippen LogP contribution in [0.25, 0.3) is 0 Å². The summed E-state index contributed by atoms with van der Waals surface area (Å²) in [6.07, 6.45) is 5.60. The third-order valence-corrected chi connectivity index (χ3v) is 5.14. The van der Waals surface area contributed by atoms with Crippen molar-refractivity contribution in [3.63, 3.8) is 0 Å². The number of fused-ring (bicyclic) bond motifs is 1. The quantitative estimate of drug-likeness (QED) is 0.759. The minimum absolute atomic E-state index is 0.333. The highest BCUT2D eigenvalue weighted by Gasteiger charge is 2.48. The highest BCUT2D eigenvalue weighted by atomic mass is 32.1. The molecule has 0 aromatic rings. The van der Waals surface area contributed by atoms with Crippen LogP contribution < -0.4 is 5.73 Å². The number of carbonyl (C=O) groups is 1. The van der Waals surface area contributed by atoms with Crippen molar-refractivity contribution in [1.29, 1.82) is 0 Å². The highest BCUT2D eigenvalue weighted by Crippen LogP contribution is 2.54. The number of nitrogens with two attached hydrogens (primary N) is 1. The molecule has 0 aromatic heterocycles. The summed E-state index contributed by atoms with van der Waals surface area (Å²) in [7, 11) is 0. The number of likely N-dealkylation sites (tertiary alicyclic amines) is 1. The average Bonchev–Trinajstić information content (AvgIpc) is 2.95. The second kappa shape index (κ2) is 4.23. The molecule has 0 radical (unpaired) electrons. The van der Waals surface area contributed by atoms with Gasteiger partial charge in [-0.1, -0.05) is 12.2 Å². The molecule has 1 aliphatic heterocycles. The Bertz CT molecular complexity index is 339. The first kappa shape index (κ1) is 11.5. The van der Waals surface area contributed by atoms with E-state index in [1.54, 1.807) is 0 Å². The third-order valence-electron chi connectivity index (χ3n) is 4.80. The zero-order chi connectivity index (χ0) is 12.0. The first-order chi connectivity index (χ1) is 8.15. The number of amides is 1. The van der Waals surface area contributed by atoms with Crippen molar-refractivity contribution in [3.05, 3.63) is 0 Å². The molecule has 0 aromatic carbocycles. The molecule has 0 spiro atoms. The largest absolute Gasteiger partial charge is 0.393 e.